The van der Waals surface area contributed by atoms with Crippen molar-refractivity contribution in [1.29, 1.82) is 0 Å². The molecule has 0 bridgehead atoms. The third-order valence-corrected chi connectivity index (χ3v) is 3.02. The highest BCUT2D eigenvalue weighted by Gasteiger charge is 2.20. The molecular weight excluding hydrogens is 230 g/mol. The minimum absolute atomic E-state index is 0.0631. The topological polar surface area (TPSA) is 68.1 Å². The van der Waals surface area contributed by atoms with Gasteiger partial charge < -0.3 is 5.32 Å². The highest BCUT2D eigenvalue weighted by molar-refractivity contribution is 6.30. The predicted molar refractivity (Wildman–Crippen MR) is 61.7 cm³/mol. The lowest BCUT2D eigenvalue weighted by Gasteiger charge is -2.25. The molecule has 0 amide bonds. The molecule has 0 aliphatic heterocycles. The van der Waals surface area contributed by atoms with E-state index in [1.807, 2.05) is 0 Å². The van der Waals surface area contributed by atoms with Gasteiger partial charge in [-0.3, -0.25) is 10.1 Å². The fraction of sp³-hybridized carbons (Fsp3) is 0.500. The van der Waals surface area contributed by atoms with Crippen LogP contribution in [0.4, 0.5) is 11.5 Å². The monoisotopic (exact) mass is 241 g/mol. The Morgan fingerprint density at radius 3 is 2.94 bits per heavy atom. The van der Waals surface area contributed by atoms with E-state index in [1.54, 1.807) is 0 Å². The molecule has 0 aromatic carbocycles. The largest absolute Gasteiger partial charge is 0.364 e. The van der Waals surface area contributed by atoms with Crippen LogP contribution in [0.25, 0.3) is 0 Å². The van der Waals surface area contributed by atoms with Crippen molar-refractivity contribution in [3.63, 3.8) is 0 Å². The second-order valence-electron chi connectivity index (χ2n) is 3.96. The van der Waals surface area contributed by atoms with Crippen LogP contribution in [0.15, 0.2) is 12.3 Å². The molecule has 0 spiro atoms. The van der Waals surface area contributed by atoms with Crippen LogP contribution in [-0.2, 0) is 0 Å². The van der Waals surface area contributed by atoms with Crippen molar-refractivity contribution in [1.82, 2.24) is 4.98 Å². The van der Waals surface area contributed by atoms with Gasteiger partial charge in [-0.1, -0.05) is 18.0 Å². The predicted octanol–water partition coefficient (Wildman–Crippen LogP) is 2.86. The van der Waals surface area contributed by atoms with Crippen LogP contribution in [0.2, 0.25) is 5.02 Å². The molecule has 16 heavy (non-hydrogen) atoms. The van der Waals surface area contributed by atoms with E-state index in [-0.39, 0.29) is 10.7 Å². The number of hydrogen-bond acceptors (Lipinski definition) is 4. The summed E-state index contributed by atoms with van der Waals surface area (Å²) in [5, 5.41) is 14.1. The molecule has 1 aromatic heterocycles. The lowest BCUT2D eigenvalue weighted by molar-refractivity contribution is -0.384. The van der Waals surface area contributed by atoms with Crippen LogP contribution in [0.3, 0.4) is 0 Å². The minimum atomic E-state index is -0.470. The quantitative estimate of drug-likeness (QED) is 0.650. The number of nitro groups is 1. The number of hydrogen-bond donors (Lipinski definition) is 1. The van der Waals surface area contributed by atoms with Crippen LogP contribution in [0.1, 0.15) is 19.3 Å². The molecule has 0 unspecified atom stereocenters. The van der Waals surface area contributed by atoms with E-state index >= 15 is 0 Å². The molecule has 1 aliphatic rings. The van der Waals surface area contributed by atoms with Crippen molar-refractivity contribution in [3.8, 4) is 0 Å². The number of pyridine rings is 1. The third-order valence-electron chi connectivity index (χ3n) is 2.81. The molecule has 1 fully saturated rings. The molecule has 1 aliphatic carbocycles. The number of aromatic nitrogens is 1. The van der Waals surface area contributed by atoms with Crippen molar-refractivity contribution in [2.75, 3.05) is 11.9 Å². The van der Waals surface area contributed by atoms with Crippen molar-refractivity contribution < 1.29 is 4.92 Å². The summed E-state index contributed by atoms with van der Waals surface area (Å²) in [7, 11) is 0. The van der Waals surface area contributed by atoms with E-state index in [0.717, 1.165) is 6.54 Å². The van der Waals surface area contributed by atoms with Gasteiger partial charge in [-0.15, -0.1) is 0 Å². The van der Waals surface area contributed by atoms with Crippen LogP contribution >= 0.6 is 11.6 Å². The molecule has 0 radical (unpaired) electrons. The summed E-state index contributed by atoms with van der Waals surface area (Å²) >= 11 is 5.67. The van der Waals surface area contributed by atoms with E-state index in [1.165, 1.54) is 31.5 Å². The Kier molecular flexibility index (Phi) is 3.24. The Morgan fingerprint density at radius 2 is 2.38 bits per heavy atom. The molecule has 6 heteroatoms. The first-order valence-corrected chi connectivity index (χ1v) is 5.58. The first-order chi connectivity index (χ1) is 7.66. The average molecular weight is 242 g/mol. The third kappa shape index (κ3) is 2.41. The van der Waals surface area contributed by atoms with E-state index in [0.29, 0.717) is 11.7 Å². The molecule has 5 nitrogen and oxygen atoms in total. The van der Waals surface area contributed by atoms with Crippen LogP contribution in [0, 0.1) is 16.0 Å². The molecule has 1 saturated carbocycles. The summed E-state index contributed by atoms with van der Waals surface area (Å²) in [6.45, 7) is 0.746. The molecule has 0 saturated heterocycles. The number of nitrogens with zero attached hydrogens (tertiary/aromatic N) is 2. The van der Waals surface area contributed by atoms with E-state index < -0.39 is 4.92 Å². The molecule has 86 valence electrons. The standard InChI is InChI=1S/C10H12ClN3O2/c11-8-4-9(14(15)16)10(13-6-8)12-5-7-2-1-3-7/h4,6-7H,1-3,5H2,(H,12,13). The van der Waals surface area contributed by atoms with Gasteiger partial charge in [0.25, 0.3) is 0 Å². The molecule has 1 aromatic rings. The van der Waals surface area contributed by atoms with E-state index in [9.17, 15) is 10.1 Å². The maximum absolute atomic E-state index is 10.8. The Balaban J connectivity index is 2.08. The van der Waals surface area contributed by atoms with Crippen LogP contribution in [-0.4, -0.2) is 16.5 Å². The summed E-state index contributed by atoms with van der Waals surface area (Å²) in [5.74, 6) is 0.929. The number of anilines is 1. The average Bonchev–Trinajstić information content (AvgIpc) is 2.17. The van der Waals surface area contributed by atoms with Gasteiger partial charge in [0.15, 0.2) is 0 Å². The summed E-state index contributed by atoms with van der Waals surface area (Å²) < 4.78 is 0. The number of halogens is 1. The van der Waals surface area contributed by atoms with Gasteiger partial charge in [-0.25, -0.2) is 4.98 Å². The number of rotatable bonds is 4. The van der Waals surface area contributed by atoms with Crippen molar-refractivity contribution in [2.24, 2.45) is 5.92 Å². The minimum Gasteiger partial charge on any atom is -0.364 e. The maximum Gasteiger partial charge on any atom is 0.312 e. The van der Waals surface area contributed by atoms with Crippen LogP contribution < -0.4 is 5.32 Å². The zero-order valence-electron chi connectivity index (χ0n) is 8.65. The number of nitrogens with one attached hydrogen (secondary N) is 1. The van der Waals surface area contributed by atoms with Gasteiger partial charge in [-0.05, 0) is 18.8 Å². The lowest BCUT2D eigenvalue weighted by Crippen LogP contribution is -2.21. The Hall–Kier alpha value is -1.36. The van der Waals surface area contributed by atoms with Gasteiger partial charge in [0.1, 0.15) is 0 Å². The SMILES string of the molecule is O=[N+]([O-])c1cc(Cl)cnc1NCC1CCC1. The molecular formula is C10H12ClN3O2. The van der Waals surface area contributed by atoms with Gasteiger partial charge in [0, 0.05) is 18.8 Å². The van der Waals surface area contributed by atoms with Crippen molar-refractivity contribution in [3.05, 3.63) is 27.4 Å². The highest BCUT2D eigenvalue weighted by atomic mass is 35.5. The Bertz CT molecular complexity index is 407. The molecule has 1 heterocycles. The summed E-state index contributed by atoms with van der Waals surface area (Å²) in [6, 6.07) is 1.32. The molecule has 2 rings (SSSR count). The van der Waals surface area contributed by atoms with Gasteiger partial charge >= 0.3 is 5.69 Å². The second-order valence-corrected chi connectivity index (χ2v) is 4.39. The summed E-state index contributed by atoms with van der Waals surface area (Å²) in [4.78, 5) is 14.2. The van der Waals surface area contributed by atoms with Crippen molar-refractivity contribution in [2.45, 2.75) is 19.3 Å². The van der Waals surface area contributed by atoms with Gasteiger partial charge in [0.2, 0.25) is 5.82 Å². The van der Waals surface area contributed by atoms with E-state index in [2.05, 4.69) is 10.3 Å². The first kappa shape index (κ1) is 11.1. The zero-order valence-corrected chi connectivity index (χ0v) is 9.41. The normalized spacial score (nSPS) is 15.6. The van der Waals surface area contributed by atoms with Gasteiger partial charge in [-0.2, -0.15) is 0 Å². The Labute approximate surface area is 98.0 Å². The fourth-order valence-corrected chi connectivity index (χ4v) is 1.79. The van der Waals surface area contributed by atoms with E-state index in [4.69, 9.17) is 11.6 Å². The smallest absolute Gasteiger partial charge is 0.312 e. The second kappa shape index (κ2) is 4.65. The van der Waals surface area contributed by atoms with Gasteiger partial charge in [0.05, 0.1) is 9.95 Å². The Morgan fingerprint density at radius 1 is 1.62 bits per heavy atom. The molecule has 1 N–H and O–H groups in total. The van der Waals surface area contributed by atoms with Crippen LogP contribution in [0.5, 0.6) is 0 Å². The maximum atomic E-state index is 10.8. The highest BCUT2D eigenvalue weighted by Crippen LogP contribution is 2.29. The lowest BCUT2D eigenvalue weighted by atomic mass is 9.85. The summed E-state index contributed by atoms with van der Waals surface area (Å²) in [5.41, 5.74) is -0.0631. The summed E-state index contributed by atoms with van der Waals surface area (Å²) in [6.07, 6.45) is 5.04. The zero-order chi connectivity index (χ0) is 11.5. The first-order valence-electron chi connectivity index (χ1n) is 5.20. The fourth-order valence-electron chi connectivity index (χ4n) is 1.64. The van der Waals surface area contributed by atoms with Crippen molar-refractivity contribution >= 4 is 23.1 Å². The molecule has 0 atom stereocenters.